The molecule has 0 amide bonds. The largest absolute Gasteiger partial charge is 0.435 e. The number of nitrogens with zero attached hydrogens (tertiary/aromatic N) is 1. The Labute approximate surface area is 65.8 Å². The van der Waals surface area contributed by atoms with Crippen molar-refractivity contribution in [1.29, 1.82) is 0 Å². The maximum atomic E-state index is 12.5. The summed E-state index contributed by atoms with van der Waals surface area (Å²) in [6, 6.07) is 0. The number of halogens is 4. The topological polar surface area (TPSA) is 38.4 Å². The molecule has 1 aliphatic heterocycles. The van der Waals surface area contributed by atoms with Gasteiger partial charge in [-0.2, -0.15) is 13.2 Å². The van der Waals surface area contributed by atoms with Gasteiger partial charge in [-0.25, -0.2) is 4.39 Å². The molecule has 0 aromatic carbocycles. The quantitative estimate of drug-likeness (QED) is 0.567. The minimum Gasteiger partial charge on any atom is -0.304 e. The van der Waals surface area contributed by atoms with E-state index in [9.17, 15) is 17.6 Å². The SMILES string of the molecule is C[C@@]1(N)C=C(F)C(C(F)(F)F)=N1. The summed E-state index contributed by atoms with van der Waals surface area (Å²) < 4.78 is 48.2. The van der Waals surface area contributed by atoms with Crippen LogP contribution in [0.4, 0.5) is 17.6 Å². The van der Waals surface area contributed by atoms with Gasteiger partial charge in [-0.15, -0.1) is 0 Å². The van der Waals surface area contributed by atoms with Crippen molar-refractivity contribution in [2.75, 3.05) is 0 Å². The molecular weight excluding hydrogens is 176 g/mol. The van der Waals surface area contributed by atoms with E-state index in [1.807, 2.05) is 0 Å². The lowest BCUT2D eigenvalue weighted by atomic mass is 10.2. The van der Waals surface area contributed by atoms with E-state index in [2.05, 4.69) is 4.99 Å². The van der Waals surface area contributed by atoms with E-state index in [0.717, 1.165) is 0 Å². The molecule has 1 heterocycles. The molecular formula is C6H6F4N2. The molecule has 6 heteroatoms. The lowest BCUT2D eigenvalue weighted by Crippen LogP contribution is -2.30. The zero-order valence-electron chi connectivity index (χ0n) is 6.11. The fourth-order valence-electron chi connectivity index (χ4n) is 0.850. The van der Waals surface area contributed by atoms with Crippen LogP contribution in [0.5, 0.6) is 0 Å². The molecule has 0 aromatic rings. The van der Waals surface area contributed by atoms with Crippen molar-refractivity contribution in [3.63, 3.8) is 0 Å². The first-order valence-corrected chi connectivity index (χ1v) is 3.07. The lowest BCUT2D eigenvalue weighted by molar-refractivity contribution is -0.0591. The third kappa shape index (κ3) is 1.63. The Hall–Kier alpha value is -0.910. The van der Waals surface area contributed by atoms with Gasteiger partial charge in [0.1, 0.15) is 5.66 Å². The van der Waals surface area contributed by atoms with Gasteiger partial charge in [0.25, 0.3) is 0 Å². The van der Waals surface area contributed by atoms with Crippen molar-refractivity contribution in [1.82, 2.24) is 0 Å². The molecule has 1 rings (SSSR count). The van der Waals surface area contributed by atoms with Gasteiger partial charge in [-0.3, -0.25) is 4.99 Å². The second-order valence-corrected chi connectivity index (χ2v) is 2.68. The Morgan fingerprint density at radius 1 is 1.50 bits per heavy atom. The van der Waals surface area contributed by atoms with Crippen LogP contribution in [0.2, 0.25) is 0 Å². The number of nitrogens with two attached hydrogens (primary N) is 1. The van der Waals surface area contributed by atoms with Crippen LogP contribution in [0.25, 0.3) is 0 Å². The van der Waals surface area contributed by atoms with Gasteiger partial charge in [0.05, 0.1) is 0 Å². The van der Waals surface area contributed by atoms with E-state index in [1.165, 1.54) is 6.92 Å². The highest BCUT2D eigenvalue weighted by Gasteiger charge is 2.43. The zero-order chi connectivity index (χ0) is 9.57. The van der Waals surface area contributed by atoms with Crippen molar-refractivity contribution < 1.29 is 17.6 Å². The molecule has 68 valence electrons. The Morgan fingerprint density at radius 2 is 2.00 bits per heavy atom. The number of aliphatic imine (C=N–C) groups is 1. The van der Waals surface area contributed by atoms with Crippen molar-refractivity contribution >= 4 is 5.71 Å². The maximum absolute atomic E-state index is 12.5. The van der Waals surface area contributed by atoms with Crippen molar-refractivity contribution in [2.24, 2.45) is 10.7 Å². The van der Waals surface area contributed by atoms with Gasteiger partial charge in [-0.1, -0.05) is 0 Å². The van der Waals surface area contributed by atoms with Crippen LogP contribution in [0.3, 0.4) is 0 Å². The minimum absolute atomic E-state index is 0.635. The molecule has 0 aliphatic carbocycles. The van der Waals surface area contributed by atoms with Crippen LogP contribution in [0.15, 0.2) is 16.9 Å². The van der Waals surface area contributed by atoms with E-state index < -0.39 is 23.4 Å². The van der Waals surface area contributed by atoms with Crippen molar-refractivity contribution in [3.8, 4) is 0 Å². The van der Waals surface area contributed by atoms with Crippen LogP contribution >= 0.6 is 0 Å². The fraction of sp³-hybridized carbons (Fsp3) is 0.500. The molecule has 0 saturated carbocycles. The second kappa shape index (κ2) is 2.29. The summed E-state index contributed by atoms with van der Waals surface area (Å²) in [4.78, 5) is 2.97. The number of hydrogen-bond donors (Lipinski definition) is 1. The molecule has 0 bridgehead atoms. The van der Waals surface area contributed by atoms with Gasteiger partial charge >= 0.3 is 6.18 Å². The molecule has 0 saturated heterocycles. The number of alkyl halides is 3. The summed E-state index contributed by atoms with van der Waals surface area (Å²) in [5, 5.41) is 0. The molecule has 0 spiro atoms. The summed E-state index contributed by atoms with van der Waals surface area (Å²) in [6.07, 6.45) is -4.13. The standard InChI is InChI=1S/C6H6F4N2/c1-5(11)2-3(7)4(12-5)6(8,9)10/h2H,11H2,1H3/t5-/m0/s1. The molecule has 12 heavy (non-hydrogen) atoms. The van der Waals surface area contributed by atoms with Crippen LogP contribution < -0.4 is 5.73 Å². The first kappa shape index (κ1) is 9.18. The summed E-state index contributed by atoms with van der Waals surface area (Å²) in [5.74, 6) is -1.41. The van der Waals surface area contributed by atoms with Crippen LogP contribution in [0, 0.1) is 0 Å². The minimum atomic E-state index is -4.77. The highest BCUT2D eigenvalue weighted by Crippen LogP contribution is 2.30. The molecule has 2 N–H and O–H groups in total. The first-order valence-electron chi connectivity index (χ1n) is 3.07. The summed E-state index contributed by atoms with van der Waals surface area (Å²) >= 11 is 0. The van der Waals surface area contributed by atoms with E-state index in [1.54, 1.807) is 0 Å². The van der Waals surface area contributed by atoms with Crippen LogP contribution in [-0.2, 0) is 0 Å². The average Bonchev–Trinajstić information content (AvgIpc) is 2.03. The average molecular weight is 182 g/mol. The third-order valence-corrected chi connectivity index (χ3v) is 1.27. The third-order valence-electron chi connectivity index (χ3n) is 1.27. The van der Waals surface area contributed by atoms with Crippen molar-refractivity contribution in [2.45, 2.75) is 18.8 Å². The van der Waals surface area contributed by atoms with E-state index >= 15 is 0 Å². The zero-order valence-corrected chi connectivity index (χ0v) is 6.11. The monoisotopic (exact) mass is 182 g/mol. The summed E-state index contributed by atoms with van der Waals surface area (Å²) in [7, 11) is 0. The summed E-state index contributed by atoms with van der Waals surface area (Å²) in [6.45, 7) is 1.19. The van der Waals surface area contributed by atoms with Crippen LogP contribution in [-0.4, -0.2) is 17.6 Å². The van der Waals surface area contributed by atoms with Gasteiger partial charge in [-0.05, 0) is 13.0 Å². The van der Waals surface area contributed by atoms with Gasteiger partial charge in [0, 0.05) is 0 Å². The fourth-order valence-corrected chi connectivity index (χ4v) is 0.850. The first-order chi connectivity index (χ1) is 5.22. The Kier molecular flexibility index (Phi) is 1.75. The highest BCUT2D eigenvalue weighted by molar-refractivity contribution is 6.04. The lowest BCUT2D eigenvalue weighted by Gasteiger charge is -2.09. The van der Waals surface area contributed by atoms with Crippen molar-refractivity contribution in [3.05, 3.63) is 11.9 Å². The Morgan fingerprint density at radius 3 is 2.17 bits per heavy atom. The van der Waals surface area contributed by atoms with Crippen LogP contribution in [0.1, 0.15) is 6.92 Å². The molecule has 0 unspecified atom stereocenters. The van der Waals surface area contributed by atoms with E-state index in [4.69, 9.17) is 5.73 Å². The normalized spacial score (nSPS) is 30.2. The highest BCUT2D eigenvalue weighted by atomic mass is 19.4. The molecule has 0 aromatic heterocycles. The number of hydrogen-bond acceptors (Lipinski definition) is 2. The molecule has 1 aliphatic rings. The number of allylic oxidation sites excluding steroid dienone is 1. The second-order valence-electron chi connectivity index (χ2n) is 2.68. The predicted molar refractivity (Wildman–Crippen MR) is 35.3 cm³/mol. The molecule has 0 fully saturated rings. The van der Waals surface area contributed by atoms with Gasteiger partial charge in [0.15, 0.2) is 11.5 Å². The molecule has 2 nitrogen and oxygen atoms in total. The van der Waals surface area contributed by atoms with Gasteiger partial charge < -0.3 is 5.73 Å². The Balaban J connectivity index is 3.05. The number of rotatable bonds is 0. The summed E-state index contributed by atoms with van der Waals surface area (Å²) in [5.41, 5.74) is 2.04. The molecule has 0 radical (unpaired) electrons. The smallest absolute Gasteiger partial charge is 0.304 e. The van der Waals surface area contributed by atoms with E-state index in [-0.39, 0.29) is 0 Å². The Bertz CT molecular complexity index is 261. The van der Waals surface area contributed by atoms with Gasteiger partial charge in [0.2, 0.25) is 0 Å². The predicted octanol–water partition coefficient (Wildman–Crippen LogP) is 1.53. The maximum Gasteiger partial charge on any atom is 0.435 e. The van der Waals surface area contributed by atoms with E-state index in [0.29, 0.717) is 6.08 Å². The molecule has 1 atom stereocenters.